The lowest BCUT2D eigenvalue weighted by Gasteiger charge is -2.27. The van der Waals surface area contributed by atoms with Gasteiger partial charge in [-0.25, -0.2) is 0 Å². The largest absolute Gasteiger partial charge is 0.356 e. The van der Waals surface area contributed by atoms with Crippen LogP contribution in [-0.2, 0) is 0 Å². The minimum atomic E-state index is -0.0807. The zero-order chi connectivity index (χ0) is 13.0. The Bertz CT molecular complexity index is 397. The van der Waals surface area contributed by atoms with E-state index < -0.39 is 0 Å². The van der Waals surface area contributed by atoms with Gasteiger partial charge < -0.3 is 16.0 Å². The number of halogens is 1. The number of carbonyl (C=O) groups is 1. The van der Waals surface area contributed by atoms with E-state index in [1.165, 1.54) is 12.8 Å². The second kappa shape index (κ2) is 6.25. The summed E-state index contributed by atoms with van der Waals surface area (Å²) >= 11 is 5.76. The Labute approximate surface area is 112 Å². The number of nitrogens with two attached hydrogens (primary N) is 1. The van der Waals surface area contributed by atoms with Gasteiger partial charge in [0.1, 0.15) is 5.69 Å². The topological polar surface area (TPSA) is 70.9 Å². The van der Waals surface area contributed by atoms with Crippen LogP contribution in [0.1, 0.15) is 36.2 Å². The quantitative estimate of drug-likeness (QED) is 0.784. The lowest BCUT2D eigenvalue weighted by atomic mass is 9.82. The number of H-pyrrole nitrogens is 1. The first-order valence-corrected chi connectivity index (χ1v) is 6.89. The van der Waals surface area contributed by atoms with Crippen LogP contribution in [-0.4, -0.2) is 24.0 Å². The second-order valence-corrected chi connectivity index (χ2v) is 5.50. The van der Waals surface area contributed by atoms with E-state index in [0.29, 0.717) is 22.6 Å². The van der Waals surface area contributed by atoms with Gasteiger partial charge in [-0.15, -0.1) is 0 Å². The van der Waals surface area contributed by atoms with Crippen molar-refractivity contribution in [3.8, 4) is 0 Å². The Balaban J connectivity index is 1.74. The van der Waals surface area contributed by atoms with Crippen molar-refractivity contribution < 1.29 is 4.79 Å². The third-order valence-electron chi connectivity index (χ3n) is 3.74. The molecular weight excluding hydrogens is 250 g/mol. The van der Waals surface area contributed by atoms with E-state index in [0.717, 1.165) is 25.9 Å². The molecule has 1 heterocycles. The van der Waals surface area contributed by atoms with Crippen molar-refractivity contribution in [2.75, 3.05) is 13.1 Å². The van der Waals surface area contributed by atoms with Crippen LogP contribution in [0.3, 0.4) is 0 Å². The van der Waals surface area contributed by atoms with E-state index in [9.17, 15) is 4.79 Å². The van der Waals surface area contributed by atoms with E-state index in [1.807, 2.05) is 0 Å². The van der Waals surface area contributed by atoms with Gasteiger partial charge in [0.05, 0.1) is 5.02 Å². The third kappa shape index (κ3) is 3.50. The zero-order valence-electron chi connectivity index (χ0n) is 10.4. The van der Waals surface area contributed by atoms with Crippen LogP contribution >= 0.6 is 11.6 Å². The normalized spacial score (nSPS) is 23.9. The molecule has 0 unspecified atom stereocenters. The first-order chi connectivity index (χ1) is 8.69. The standard InChI is InChI=1S/C13H20ClN3O/c14-11-5-12(16-8-11)13(18)17-7-10-3-1-9(6-15)2-4-10/h5,8-10,16H,1-4,6-7,15H2,(H,17,18). The molecule has 0 spiro atoms. The van der Waals surface area contributed by atoms with Gasteiger partial charge in [-0.1, -0.05) is 11.6 Å². The first kappa shape index (κ1) is 13.4. The minimum Gasteiger partial charge on any atom is -0.356 e. The number of nitrogens with one attached hydrogen (secondary N) is 2. The summed E-state index contributed by atoms with van der Waals surface area (Å²) in [4.78, 5) is 14.6. The van der Waals surface area contributed by atoms with Gasteiger partial charge in [-0.05, 0) is 50.1 Å². The van der Waals surface area contributed by atoms with Crippen LogP contribution in [0.25, 0.3) is 0 Å². The SMILES string of the molecule is NCC1CCC(CNC(=O)c2cc(Cl)c[nH]2)CC1. The fourth-order valence-corrected chi connectivity index (χ4v) is 2.67. The van der Waals surface area contributed by atoms with Crippen molar-refractivity contribution in [3.63, 3.8) is 0 Å². The van der Waals surface area contributed by atoms with Crippen molar-refractivity contribution in [2.24, 2.45) is 17.6 Å². The highest BCUT2D eigenvalue weighted by molar-refractivity contribution is 6.30. The lowest BCUT2D eigenvalue weighted by molar-refractivity contribution is 0.0937. The fourth-order valence-electron chi connectivity index (χ4n) is 2.50. The predicted octanol–water partition coefficient (Wildman–Crippen LogP) is 2.16. The molecule has 2 rings (SSSR count). The fraction of sp³-hybridized carbons (Fsp3) is 0.615. The molecule has 1 amide bonds. The highest BCUT2D eigenvalue weighted by atomic mass is 35.5. The molecule has 0 aliphatic heterocycles. The smallest absolute Gasteiger partial charge is 0.267 e. The Morgan fingerprint density at radius 3 is 2.61 bits per heavy atom. The Morgan fingerprint density at radius 1 is 1.39 bits per heavy atom. The molecule has 1 aromatic rings. The molecule has 1 fully saturated rings. The van der Waals surface area contributed by atoms with Crippen molar-refractivity contribution in [1.29, 1.82) is 0 Å². The average Bonchev–Trinajstić information content (AvgIpc) is 2.83. The summed E-state index contributed by atoms with van der Waals surface area (Å²) in [5.41, 5.74) is 6.19. The minimum absolute atomic E-state index is 0.0807. The maximum Gasteiger partial charge on any atom is 0.267 e. The summed E-state index contributed by atoms with van der Waals surface area (Å²) in [7, 11) is 0. The molecule has 4 nitrogen and oxygen atoms in total. The summed E-state index contributed by atoms with van der Waals surface area (Å²) in [6.45, 7) is 1.53. The molecular formula is C13H20ClN3O. The predicted molar refractivity (Wildman–Crippen MR) is 72.6 cm³/mol. The molecule has 1 saturated carbocycles. The lowest BCUT2D eigenvalue weighted by Crippen LogP contribution is -2.32. The van der Waals surface area contributed by atoms with Gasteiger partial charge in [-0.3, -0.25) is 4.79 Å². The number of rotatable bonds is 4. The summed E-state index contributed by atoms with van der Waals surface area (Å²) in [5, 5.41) is 3.51. The summed E-state index contributed by atoms with van der Waals surface area (Å²) in [6.07, 6.45) is 6.31. The van der Waals surface area contributed by atoms with Crippen molar-refractivity contribution in [3.05, 3.63) is 23.0 Å². The highest BCUT2D eigenvalue weighted by Gasteiger charge is 2.20. The molecule has 100 valence electrons. The number of hydrogen-bond donors (Lipinski definition) is 3. The highest BCUT2D eigenvalue weighted by Crippen LogP contribution is 2.27. The van der Waals surface area contributed by atoms with E-state index in [1.54, 1.807) is 12.3 Å². The maximum atomic E-state index is 11.8. The van der Waals surface area contributed by atoms with Gasteiger partial charge in [-0.2, -0.15) is 0 Å². The molecule has 4 N–H and O–H groups in total. The van der Waals surface area contributed by atoms with Crippen LogP contribution in [0.4, 0.5) is 0 Å². The van der Waals surface area contributed by atoms with Crippen molar-refractivity contribution in [2.45, 2.75) is 25.7 Å². The molecule has 0 bridgehead atoms. The van der Waals surface area contributed by atoms with Crippen LogP contribution in [0.15, 0.2) is 12.3 Å². The third-order valence-corrected chi connectivity index (χ3v) is 3.96. The second-order valence-electron chi connectivity index (χ2n) is 5.06. The van der Waals surface area contributed by atoms with Crippen LogP contribution in [0.5, 0.6) is 0 Å². The number of aromatic amines is 1. The molecule has 0 radical (unpaired) electrons. The van der Waals surface area contributed by atoms with E-state index in [-0.39, 0.29) is 5.91 Å². The number of aromatic nitrogens is 1. The van der Waals surface area contributed by atoms with E-state index in [2.05, 4.69) is 10.3 Å². The van der Waals surface area contributed by atoms with Crippen LogP contribution < -0.4 is 11.1 Å². The Morgan fingerprint density at radius 2 is 2.06 bits per heavy atom. The zero-order valence-corrected chi connectivity index (χ0v) is 11.2. The van der Waals surface area contributed by atoms with Gasteiger partial charge in [0, 0.05) is 12.7 Å². The summed E-state index contributed by atoms with van der Waals surface area (Å²) < 4.78 is 0. The maximum absolute atomic E-state index is 11.8. The average molecular weight is 270 g/mol. The molecule has 1 aliphatic rings. The Kier molecular flexibility index (Phi) is 4.66. The van der Waals surface area contributed by atoms with Gasteiger partial charge in [0.25, 0.3) is 5.91 Å². The van der Waals surface area contributed by atoms with Crippen molar-refractivity contribution >= 4 is 17.5 Å². The number of amides is 1. The number of hydrogen-bond acceptors (Lipinski definition) is 2. The van der Waals surface area contributed by atoms with Crippen LogP contribution in [0.2, 0.25) is 5.02 Å². The molecule has 1 aromatic heterocycles. The monoisotopic (exact) mass is 269 g/mol. The van der Waals surface area contributed by atoms with Gasteiger partial charge in [0.2, 0.25) is 0 Å². The Hall–Kier alpha value is -1.00. The first-order valence-electron chi connectivity index (χ1n) is 6.51. The molecule has 1 aliphatic carbocycles. The van der Waals surface area contributed by atoms with E-state index in [4.69, 9.17) is 17.3 Å². The van der Waals surface area contributed by atoms with Crippen LogP contribution in [0, 0.1) is 11.8 Å². The van der Waals surface area contributed by atoms with Gasteiger partial charge in [0.15, 0.2) is 0 Å². The molecule has 0 aromatic carbocycles. The summed E-state index contributed by atoms with van der Waals surface area (Å²) in [6, 6.07) is 1.64. The van der Waals surface area contributed by atoms with Gasteiger partial charge >= 0.3 is 0 Å². The van der Waals surface area contributed by atoms with Crippen molar-refractivity contribution in [1.82, 2.24) is 10.3 Å². The number of carbonyl (C=O) groups excluding carboxylic acids is 1. The van der Waals surface area contributed by atoms with E-state index >= 15 is 0 Å². The molecule has 0 saturated heterocycles. The summed E-state index contributed by atoms with van der Waals surface area (Å²) in [5.74, 6) is 1.18. The molecule has 5 heteroatoms. The molecule has 0 atom stereocenters. The molecule has 18 heavy (non-hydrogen) atoms.